The summed E-state index contributed by atoms with van der Waals surface area (Å²) in [5, 5.41) is 10.4. The summed E-state index contributed by atoms with van der Waals surface area (Å²) in [5.74, 6) is 0. The van der Waals surface area contributed by atoms with Crippen molar-refractivity contribution in [2.24, 2.45) is 0 Å². The SMILES string of the molecule is CCN1CC(O)N(C(C)C)C1=S. The first-order valence-electron chi connectivity index (χ1n) is 4.33. The maximum Gasteiger partial charge on any atom is 0.174 e. The normalized spacial score (nSPS) is 24.4. The van der Waals surface area contributed by atoms with Crippen LogP contribution in [0.4, 0.5) is 0 Å². The van der Waals surface area contributed by atoms with Crippen LogP contribution in [0.3, 0.4) is 0 Å². The lowest BCUT2D eigenvalue weighted by atomic mass is 10.3. The van der Waals surface area contributed by atoms with Crippen molar-refractivity contribution >= 4 is 17.3 Å². The third kappa shape index (κ3) is 1.54. The molecule has 1 aliphatic heterocycles. The largest absolute Gasteiger partial charge is 0.372 e. The molecule has 0 aromatic heterocycles. The van der Waals surface area contributed by atoms with Gasteiger partial charge in [-0.15, -0.1) is 0 Å². The van der Waals surface area contributed by atoms with E-state index in [1.54, 1.807) is 0 Å². The first kappa shape index (κ1) is 9.74. The fourth-order valence-corrected chi connectivity index (χ4v) is 2.02. The minimum Gasteiger partial charge on any atom is -0.372 e. The average molecular weight is 188 g/mol. The standard InChI is InChI=1S/C8H16N2OS/c1-4-9-5-7(11)10(6(2)3)8(9)12/h6-7,11H,4-5H2,1-3H3. The Kier molecular flexibility index (Phi) is 2.90. The molecule has 0 aliphatic carbocycles. The van der Waals surface area contributed by atoms with E-state index in [4.69, 9.17) is 12.2 Å². The number of hydrogen-bond donors (Lipinski definition) is 1. The minimum atomic E-state index is -0.419. The predicted octanol–water partition coefficient (Wildman–Crippen LogP) is 0.636. The Hall–Kier alpha value is -0.350. The lowest BCUT2D eigenvalue weighted by molar-refractivity contribution is 0.0568. The molecular weight excluding hydrogens is 172 g/mol. The number of likely N-dealkylation sites (N-methyl/N-ethyl adjacent to an activating group) is 1. The highest BCUT2D eigenvalue weighted by atomic mass is 32.1. The quantitative estimate of drug-likeness (QED) is 0.643. The van der Waals surface area contributed by atoms with Gasteiger partial charge in [-0.3, -0.25) is 0 Å². The molecule has 0 amide bonds. The number of hydrogen-bond acceptors (Lipinski definition) is 2. The van der Waals surface area contributed by atoms with Gasteiger partial charge >= 0.3 is 0 Å². The lowest BCUT2D eigenvalue weighted by Gasteiger charge is -2.26. The van der Waals surface area contributed by atoms with E-state index >= 15 is 0 Å². The molecule has 70 valence electrons. The summed E-state index contributed by atoms with van der Waals surface area (Å²) in [6.45, 7) is 7.64. The summed E-state index contributed by atoms with van der Waals surface area (Å²) in [6, 6.07) is 0.282. The van der Waals surface area contributed by atoms with Gasteiger partial charge in [-0.1, -0.05) is 0 Å². The zero-order valence-electron chi connectivity index (χ0n) is 7.82. The molecule has 1 unspecified atom stereocenters. The summed E-state index contributed by atoms with van der Waals surface area (Å²) in [6.07, 6.45) is -0.419. The fraction of sp³-hybridized carbons (Fsp3) is 0.875. The number of β-amino-alcohol motifs (C(OH)–C–C–N with tert-alkyl or cyclic N) is 1. The Labute approximate surface area is 79.0 Å². The molecule has 1 rings (SSSR count). The molecule has 0 spiro atoms. The van der Waals surface area contributed by atoms with Crippen molar-refractivity contribution in [2.75, 3.05) is 13.1 Å². The first-order valence-corrected chi connectivity index (χ1v) is 4.74. The average Bonchev–Trinajstić information content (AvgIpc) is 2.25. The number of aliphatic hydroxyl groups is 1. The monoisotopic (exact) mass is 188 g/mol. The third-order valence-electron chi connectivity index (χ3n) is 2.13. The number of aliphatic hydroxyl groups excluding tert-OH is 1. The Morgan fingerprint density at radius 3 is 2.50 bits per heavy atom. The van der Waals surface area contributed by atoms with Gasteiger partial charge < -0.3 is 14.9 Å². The summed E-state index contributed by atoms with van der Waals surface area (Å²) >= 11 is 5.21. The Morgan fingerprint density at radius 2 is 2.25 bits per heavy atom. The van der Waals surface area contributed by atoms with Crippen molar-refractivity contribution in [3.8, 4) is 0 Å². The molecular formula is C8H16N2OS. The van der Waals surface area contributed by atoms with Gasteiger partial charge in [0.15, 0.2) is 5.11 Å². The van der Waals surface area contributed by atoms with Gasteiger partial charge in [-0.2, -0.15) is 0 Å². The second-order valence-electron chi connectivity index (χ2n) is 3.30. The van der Waals surface area contributed by atoms with E-state index in [1.807, 2.05) is 30.6 Å². The smallest absolute Gasteiger partial charge is 0.174 e. The van der Waals surface area contributed by atoms with Gasteiger partial charge in [0.2, 0.25) is 0 Å². The summed E-state index contributed by atoms with van der Waals surface area (Å²) < 4.78 is 0. The van der Waals surface area contributed by atoms with E-state index < -0.39 is 6.23 Å². The van der Waals surface area contributed by atoms with E-state index in [9.17, 15) is 5.11 Å². The van der Waals surface area contributed by atoms with Crippen molar-refractivity contribution in [1.82, 2.24) is 9.80 Å². The summed E-state index contributed by atoms with van der Waals surface area (Å²) in [4.78, 5) is 3.89. The molecule has 3 nitrogen and oxygen atoms in total. The molecule has 1 aliphatic rings. The van der Waals surface area contributed by atoms with Crippen LogP contribution in [0.25, 0.3) is 0 Å². The highest BCUT2D eigenvalue weighted by Crippen LogP contribution is 2.16. The van der Waals surface area contributed by atoms with Gasteiger partial charge in [-0.05, 0) is 33.0 Å². The van der Waals surface area contributed by atoms with Crippen molar-refractivity contribution in [1.29, 1.82) is 0 Å². The van der Waals surface area contributed by atoms with Crippen LogP contribution < -0.4 is 0 Å². The summed E-state index contributed by atoms with van der Waals surface area (Å²) in [5.41, 5.74) is 0. The molecule has 1 N–H and O–H groups in total. The Bertz CT molecular complexity index is 184. The topological polar surface area (TPSA) is 26.7 Å². The Morgan fingerprint density at radius 1 is 1.67 bits per heavy atom. The van der Waals surface area contributed by atoms with Crippen LogP contribution in [0.5, 0.6) is 0 Å². The summed E-state index contributed by atoms with van der Waals surface area (Å²) in [7, 11) is 0. The van der Waals surface area contributed by atoms with Gasteiger partial charge in [0.25, 0.3) is 0 Å². The minimum absolute atomic E-state index is 0.282. The molecule has 12 heavy (non-hydrogen) atoms. The van der Waals surface area contributed by atoms with E-state index in [2.05, 4.69) is 0 Å². The maximum atomic E-state index is 9.63. The number of thiocarbonyl (C=S) groups is 1. The van der Waals surface area contributed by atoms with Crippen molar-refractivity contribution in [3.63, 3.8) is 0 Å². The Balaban J connectivity index is 2.70. The fourth-order valence-electron chi connectivity index (χ4n) is 1.48. The second-order valence-corrected chi connectivity index (χ2v) is 3.67. The molecule has 0 saturated carbocycles. The molecule has 0 aromatic carbocycles. The molecule has 1 heterocycles. The number of nitrogens with zero attached hydrogens (tertiary/aromatic N) is 2. The van der Waals surface area contributed by atoms with Gasteiger partial charge in [0.05, 0.1) is 6.54 Å². The van der Waals surface area contributed by atoms with Crippen LogP contribution >= 0.6 is 12.2 Å². The van der Waals surface area contributed by atoms with Crippen LogP contribution in [0.15, 0.2) is 0 Å². The van der Waals surface area contributed by atoms with Crippen molar-refractivity contribution in [2.45, 2.75) is 33.0 Å². The molecule has 1 atom stereocenters. The van der Waals surface area contributed by atoms with Crippen LogP contribution in [-0.4, -0.2) is 45.4 Å². The highest BCUT2D eigenvalue weighted by Gasteiger charge is 2.33. The van der Waals surface area contributed by atoms with Crippen molar-refractivity contribution in [3.05, 3.63) is 0 Å². The van der Waals surface area contributed by atoms with Gasteiger partial charge in [0, 0.05) is 12.6 Å². The zero-order chi connectivity index (χ0) is 9.30. The van der Waals surface area contributed by atoms with Crippen LogP contribution in [0.2, 0.25) is 0 Å². The lowest BCUT2D eigenvalue weighted by Crippen LogP contribution is -2.39. The zero-order valence-corrected chi connectivity index (χ0v) is 8.64. The predicted molar refractivity (Wildman–Crippen MR) is 52.8 cm³/mol. The van der Waals surface area contributed by atoms with Crippen LogP contribution in [-0.2, 0) is 0 Å². The van der Waals surface area contributed by atoms with E-state index in [-0.39, 0.29) is 6.04 Å². The third-order valence-corrected chi connectivity index (χ3v) is 2.60. The van der Waals surface area contributed by atoms with Crippen LogP contribution in [0, 0.1) is 0 Å². The van der Waals surface area contributed by atoms with E-state index in [0.29, 0.717) is 6.54 Å². The molecule has 0 bridgehead atoms. The number of rotatable bonds is 2. The second kappa shape index (κ2) is 3.58. The highest BCUT2D eigenvalue weighted by molar-refractivity contribution is 7.80. The first-order chi connectivity index (χ1) is 5.57. The maximum absolute atomic E-state index is 9.63. The van der Waals surface area contributed by atoms with E-state index in [1.165, 1.54) is 0 Å². The molecule has 0 radical (unpaired) electrons. The molecule has 1 saturated heterocycles. The van der Waals surface area contributed by atoms with Crippen LogP contribution in [0.1, 0.15) is 20.8 Å². The van der Waals surface area contributed by atoms with Crippen molar-refractivity contribution < 1.29 is 5.11 Å². The van der Waals surface area contributed by atoms with Gasteiger partial charge in [-0.25, -0.2) is 0 Å². The molecule has 1 fully saturated rings. The van der Waals surface area contributed by atoms with E-state index in [0.717, 1.165) is 11.7 Å². The van der Waals surface area contributed by atoms with Gasteiger partial charge in [0.1, 0.15) is 6.23 Å². The molecule has 4 heteroatoms. The molecule has 0 aromatic rings.